The molecule has 2 atom stereocenters. The second-order valence-corrected chi connectivity index (χ2v) is 11.6. The number of imidazole rings is 1. The quantitative estimate of drug-likeness (QED) is 0.494. The van der Waals surface area contributed by atoms with Crippen molar-refractivity contribution in [1.29, 1.82) is 0 Å². The van der Waals surface area contributed by atoms with Gasteiger partial charge in [-0.1, -0.05) is 12.1 Å². The van der Waals surface area contributed by atoms with Gasteiger partial charge in [0.25, 0.3) is 0 Å². The zero-order valence-electron chi connectivity index (χ0n) is 22.6. The number of hydrogen-bond donors (Lipinski definition) is 2. The Morgan fingerprint density at radius 3 is 2.59 bits per heavy atom. The molecule has 10 heteroatoms. The fourth-order valence-corrected chi connectivity index (χ4v) is 6.45. The van der Waals surface area contributed by atoms with Crippen LogP contribution < -0.4 is 5.32 Å². The number of likely N-dealkylation sites (N-methyl/N-ethyl adjacent to an activating group) is 1. The molecule has 3 aromatic rings. The van der Waals surface area contributed by atoms with Gasteiger partial charge in [-0.05, 0) is 70.0 Å². The maximum Gasteiger partial charge on any atom is 0.225 e. The Labute approximate surface area is 228 Å². The lowest BCUT2D eigenvalue weighted by Gasteiger charge is -2.34. The highest BCUT2D eigenvalue weighted by Gasteiger charge is 2.36. The highest BCUT2D eigenvalue weighted by Crippen LogP contribution is 2.40. The number of hydrogen-bond acceptors (Lipinski definition) is 7. The zero-order valence-corrected chi connectivity index (χ0v) is 22.6. The summed E-state index contributed by atoms with van der Waals surface area (Å²) in [5.41, 5.74) is 1.74. The molecule has 3 fully saturated rings. The molecule has 0 radical (unpaired) electrons. The van der Waals surface area contributed by atoms with Crippen molar-refractivity contribution >= 4 is 28.7 Å². The molecule has 39 heavy (non-hydrogen) atoms. The van der Waals surface area contributed by atoms with Crippen molar-refractivity contribution in [1.82, 2.24) is 29.3 Å². The Morgan fingerprint density at radius 2 is 1.82 bits per heavy atom. The summed E-state index contributed by atoms with van der Waals surface area (Å²) in [4.78, 5) is 32.0. The number of aliphatic hydroxyl groups is 1. The molecule has 0 unspecified atom stereocenters. The van der Waals surface area contributed by atoms with Crippen LogP contribution in [-0.4, -0.2) is 79.7 Å². The number of para-hydroxylation sites is 1. The van der Waals surface area contributed by atoms with E-state index in [4.69, 9.17) is 9.97 Å². The van der Waals surface area contributed by atoms with E-state index >= 15 is 0 Å². The molecule has 1 amide bonds. The lowest BCUT2D eigenvalue weighted by molar-refractivity contribution is -0.137. The molecule has 1 saturated heterocycles. The fourth-order valence-electron chi connectivity index (χ4n) is 6.45. The van der Waals surface area contributed by atoms with Gasteiger partial charge in [0.1, 0.15) is 17.2 Å². The highest BCUT2D eigenvalue weighted by molar-refractivity contribution is 5.80. The van der Waals surface area contributed by atoms with Crippen molar-refractivity contribution in [3.8, 4) is 0 Å². The van der Waals surface area contributed by atoms with Crippen molar-refractivity contribution in [3.63, 3.8) is 0 Å². The Hall–Kier alpha value is -3.11. The van der Waals surface area contributed by atoms with Crippen LogP contribution in [-0.2, 0) is 11.2 Å². The van der Waals surface area contributed by atoms with Crippen molar-refractivity contribution in [2.24, 2.45) is 11.8 Å². The van der Waals surface area contributed by atoms with Gasteiger partial charge in [0.2, 0.25) is 11.9 Å². The molecule has 1 aliphatic heterocycles. The Bertz CT molecular complexity index is 1310. The van der Waals surface area contributed by atoms with Gasteiger partial charge < -0.3 is 20.2 Å². The minimum atomic E-state index is -0.350. The first kappa shape index (κ1) is 26.1. The van der Waals surface area contributed by atoms with Crippen molar-refractivity contribution in [2.45, 2.75) is 63.5 Å². The molecule has 2 N–H and O–H groups in total. The van der Waals surface area contributed by atoms with E-state index in [1.54, 1.807) is 24.4 Å². The van der Waals surface area contributed by atoms with Crippen LogP contribution in [0.15, 0.2) is 30.5 Å². The molecule has 3 heterocycles. The Balaban J connectivity index is 1.28. The first-order chi connectivity index (χ1) is 18.9. The molecule has 0 spiro atoms. The standard InChI is InChI=1S/C29H38FN7O2/c1-35-12-14-36(15-13-35)28(39)20-8-9-21(17-20)37-27-25(33-29(37)32-24-5-3-2-4-23(24)30)18-31-26(34-27)16-19-6-10-22(38)11-7-19/h2-5,18-22,38H,6-17H2,1H3,(H,32,33)/t19?,20-,21+,22?/m1/s1. The van der Waals surface area contributed by atoms with Crippen LogP contribution in [0, 0.1) is 17.7 Å². The maximum absolute atomic E-state index is 14.6. The van der Waals surface area contributed by atoms with Crippen LogP contribution in [0.2, 0.25) is 0 Å². The summed E-state index contributed by atoms with van der Waals surface area (Å²) >= 11 is 0. The molecular weight excluding hydrogens is 497 g/mol. The number of aromatic nitrogens is 4. The molecule has 2 aromatic heterocycles. The summed E-state index contributed by atoms with van der Waals surface area (Å²) in [5.74, 6) is 1.61. The summed E-state index contributed by atoms with van der Waals surface area (Å²) in [6, 6.07) is 6.60. The summed E-state index contributed by atoms with van der Waals surface area (Å²) in [6.07, 6.45) is 8.29. The number of nitrogens with zero attached hydrogens (tertiary/aromatic N) is 6. The SMILES string of the molecule is CN1CCN(C(=O)[C@@H]2CC[C@H](n3c(Nc4ccccc4F)nc4cnc(CC5CCC(O)CC5)nc43)C2)CC1. The number of aliphatic hydroxyl groups excluding tert-OH is 1. The number of nitrogens with one attached hydrogen (secondary N) is 1. The van der Waals surface area contributed by atoms with E-state index in [1.165, 1.54) is 6.07 Å². The van der Waals surface area contributed by atoms with E-state index in [-0.39, 0.29) is 29.8 Å². The topological polar surface area (TPSA) is 99.4 Å². The average Bonchev–Trinajstić information content (AvgIpc) is 3.56. The average molecular weight is 536 g/mol. The van der Waals surface area contributed by atoms with Crippen LogP contribution >= 0.6 is 0 Å². The fraction of sp³-hybridized carbons (Fsp3) is 0.586. The number of benzene rings is 1. The van der Waals surface area contributed by atoms with Gasteiger partial charge in [-0.2, -0.15) is 0 Å². The van der Waals surface area contributed by atoms with Crippen LogP contribution in [0.4, 0.5) is 16.0 Å². The number of fused-ring (bicyclic) bond motifs is 1. The van der Waals surface area contributed by atoms with E-state index in [0.29, 0.717) is 29.5 Å². The van der Waals surface area contributed by atoms with Crippen molar-refractivity contribution in [3.05, 3.63) is 42.1 Å². The van der Waals surface area contributed by atoms with Crippen molar-refractivity contribution in [2.75, 3.05) is 38.5 Å². The van der Waals surface area contributed by atoms with E-state index < -0.39 is 0 Å². The third-order valence-electron chi connectivity index (χ3n) is 8.82. The molecule has 208 valence electrons. The zero-order chi connectivity index (χ0) is 26.9. The summed E-state index contributed by atoms with van der Waals surface area (Å²) in [5, 5.41) is 13.1. The summed E-state index contributed by atoms with van der Waals surface area (Å²) < 4.78 is 16.7. The van der Waals surface area contributed by atoms with Crippen molar-refractivity contribution < 1.29 is 14.3 Å². The van der Waals surface area contributed by atoms with Crippen LogP contribution in [0.3, 0.4) is 0 Å². The third-order valence-corrected chi connectivity index (χ3v) is 8.82. The molecule has 3 aliphatic rings. The van der Waals surface area contributed by atoms with Gasteiger partial charge >= 0.3 is 0 Å². The van der Waals surface area contributed by atoms with E-state index in [2.05, 4.69) is 26.8 Å². The molecule has 9 nitrogen and oxygen atoms in total. The largest absolute Gasteiger partial charge is 0.393 e. The molecule has 0 bridgehead atoms. The second-order valence-electron chi connectivity index (χ2n) is 11.6. The maximum atomic E-state index is 14.6. The van der Waals surface area contributed by atoms with Gasteiger partial charge in [-0.25, -0.2) is 19.3 Å². The van der Waals surface area contributed by atoms with Gasteiger partial charge in [0.05, 0.1) is 18.0 Å². The first-order valence-corrected chi connectivity index (χ1v) is 14.4. The Morgan fingerprint density at radius 1 is 1.05 bits per heavy atom. The molecule has 6 rings (SSSR count). The van der Waals surface area contributed by atoms with E-state index in [0.717, 1.165) is 82.6 Å². The third kappa shape index (κ3) is 5.63. The number of rotatable bonds is 6. The number of carbonyl (C=O) groups excluding carboxylic acids is 1. The Kier molecular flexibility index (Phi) is 7.49. The van der Waals surface area contributed by atoms with Gasteiger partial charge in [-0.3, -0.25) is 9.36 Å². The molecule has 2 aliphatic carbocycles. The predicted molar refractivity (Wildman–Crippen MR) is 147 cm³/mol. The lowest BCUT2D eigenvalue weighted by Crippen LogP contribution is -2.48. The normalized spacial score (nSPS) is 26.3. The molecule has 1 aromatic carbocycles. The number of piperazine rings is 1. The second kappa shape index (κ2) is 11.2. The lowest BCUT2D eigenvalue weighted by atomic mass is 9.85. The van der Waals surface area contributed by atoms with Crippen LogP contribution in [0.1, 0.15) is 56.8 Å². The van der Waals surface area contributed by atoms with Gasteiger partial charge in [0.15, 0.2) is 5.65 Å². The monoisotopic (exact) mass is 535 g/mol. The minimum Gasteiger partial charge on any atom is -0.393 e. The number of anilines is 2. The van der Waals surface area contributed by atoms with E-state index in [1.807, 2.05) is 4.90 Å². The first-order valence-electron chi connectivity index (χ1n) is 14.4. The number of carbonyl (C=O) groups is 1. The van der Waals surface area contributed by atoms with Crippen LogP contribution in [0.5, 0.6) is 0 Å². The number of halogens is 1. The van der Waals surface area contributed by atoms with E-state index in [9.17, 15) is 14.3 Å². The smallest absolute Gasteiger partial charge is 0.225 e. The minimum absolute atomic E-state index is 0.0262. The molecule has 2 saturated carbocycles. The van der Waals surface area contributed by atoms with Crippen LogP contribution in [0.25, 0.3) is 11.2 Å². The summed E-state index contributed by atoms with van der Waals surface area (Å²) in [7, 11) is 2.09. The predicted octanol–water partition coefficient (Wildman–Crippen LogP) is 3.92. The van der Waals surface area contributed by atoms with Gasteiger partial charge in [0, 0.05) is 44.6 Å². The van der Waals surface area contributed by atoms with Gasteiger partial charge in [-0.15, -0.1) is 0 Å². The highest BCUT2D eigenvalue weighted by atomic mass is 19.1. The number of amides is 1. The summed E-state index contributed by atoms with van der Waals surface area (Å²) in [6.45, 7) is 3.37. The molecular formula is C29H38FN7O2.